The van der Waals surface area contributed by atoms with Gasteiger partial charge in [0.2, 0.25) is 0 Å². The fourth-order valence-corrected chi connectivity index (χ4v) is 2.39. The van der Waals surface area contributed by atoms with Crippen molar-refractivity contribution in [2.45, 2.75) is 38.6 Å². The van der Waals surface area contributed by atoms with Crippen molar-refractivity contribution in [2.24, 2.45) is 0 Å². The molecule has 4 nitrogen and oxygen atoms in total. The Labute approximate surface area is 143 Å². The zero-order valence-corrected chi connectivity index (χ0v) is 13.9. The van der Waals surface area contributed by atoms with Gasteiger partial charge in [0.15, 0.2) is 0 Å². The number of aliphatic hydroxyl groups excluding tert-OH is 1. The number of esters is 1. The van der Waals surface area contributed by atoms with E-state index in [1.165, 1.54) is 0 Å². The molecule has 24 heavy (non-hydrogen) atoms. The number of aliphatic hydroxyl groups is 1. The largest absolute Gasteiger partial charge is 0.457 e. The summed E-state index contributed by atoms with van der Waals surface area (Å²) in [6.45, 7) is 2.29. The van der Waals surface area contributed by atoms with Gasteiger partial charge in [0.25, 0.3) is 0 Å². The van der Waals surface area contributed by atoms with E-state index in [-0.39, 0.29) is 25.1 Å². The van der Waals surface area contributed by atoms with Crippen LogP contribution in [0.2, 0.25) is 0 Å². The summed E-state index contributed by atoms with van der Waals surface area (Å²) in [7, 11) is 0. The van der Waals surface area contributed by atoms with Crippen molar-refractivity contribution in [3.63, 3.8) is 0 Å². The van der Waals surface area contributed by atoms with Gasteiger partial charge in [0.1, 0.15) is 6.10 Å². The summed E-state index contributed by atoms with van der Waals surface area (Å²) < 4.78 is 11.2. The molecule has 128 valence electrons. The number of hydrogen-bond acceptors (Lipinski definition) is 4. The summed E-state index contributed by atoms with van der Waals surface area (Å²) in [5.41, 5.74) is 1.96. The Balaban J connectivity index is 1.82. The molecule has 0 bridgehead atoms. The normalized spacial score (nSPS) is 13.2. The summed E-state index contributed by atoms with van der Waals surface area (Å²) in [5.74, 6) is -0.321. The molecule has 0 saturated carbocycles. The molecule has 0 aromatic heterocycles. The second-order valence-corrected chi connectivity index (χ2v) is 5.71. The van der Waals surface area contributed by atoms with Crippen molar-refractivity contribution in [1.82, 2.24) is 0 Å². The SMILES string of the molecule is C[C@H](CC(=O)O[C@@H](CCO)c1ccccc1)OCc1ccccc1. The molecule has 0 fully saturated rings. The first-order valence-electron chi connectivity index (χ1n) is 8.20. The first-order valence-corrected chi connectivity index (χ1v) is 8.20. The summed E-state index contributed by atoms with van der Waals surface area (Å²) in [6, 6.07) is 19.3. The van der Waals surface area contributed by atoms with Gasteiger partial charge in [-0.1, -0.05) is 60.7 Å². The van der Waals surface area contributed by atoms with Gasteiger partial charge in [-0.15, -0.1) is 0 Å². The molecule has 2 atom stereocenters. The second-order valence-electron chi connectivity index (χ2n) is 5.71. The van der Waals surface area contributed by atoms with E-state index in [9.17, 15) is 9.90 Å². The fourth-order valence-electron chi connectivity index (χ4n) is 2.39. The number of rotatable bonds is 9. The highest BCUT2D eigenvalue weighted by Gasteiger charge is 2.18. The van der Waals surface area contributed by atoms with Crippen LogP contribution >= 0.6 is 0 Å². The summed E-state index contributed by atoms with van der Waals surface area (Å²) in [4.78, 5) is 12.1. The Kier molecular flexibility index (Phi) is 7.46. The molecule has 0 unspecified atom stereocenters. The predicted molar refractivity (Wildman–Crippen MR) is 92.3 cm³/mol. The molecule has 2 aromatic carbocycles. The van der Waals surface area contributed by atoms with Gasteiger partial charge in [-0.25, -0.2) is 0 Å². The van der Waals surface area contributed by atoms with E-state index in [1.54, 1.807) is 0 Å². The summed E-state index contributed by atoms with van der Waals surface area (Å²) in [5, 5.41) is 9.19. The minimum Gasteiger partial charge on any atom is -0.457 e. The molecule has 0 aliphatic rings. The molecule has 0 radical (unpaired) electrons. The third kappa shape index (κ3) is 6.14. The van der Waals surface area contributed by atoms with Crippen molar-refractivity contribution in [1.29, 1.82) is 0 Å². The highest BCUT2D eigenvalue weighted by Crippen LogP contribution is 2.21. The van der Waals surface area contributed by atoms with Gasteiger partial charge in [-0.2, -0.15) is 0 Å². The first kappa shape index (κ1) is 18.2. The molecule has 0 spiro atoms. The van der Waals surface area contributed by atoms with Crippen LogP contribution < -0.4 is 0 Å². The Hall–Kier alpha value is -2.17. The Morgan fingerprint density at radius 2 is 1.67 bits per heavy atom. The first-order chi connectivity index (χ1) is 11.7. The van der Waals surface area contributed by atoms with Gasteiger partial charge >= 0.3 is 5.97 Å². The standard InChI is InChI=1S/C20H24O4/c1-16(23-15-17-8-4-2-5-9-17)14-20(22)24-19(12-13-21)18-10-6-3-7-11-18/h2-11,16,19,21H,12-15H2,1H3/t16-,19+/m1/s1. The van der Waals surface area contributed by atoms with Gasteiger partial charge in [0, 0.05) is 13.0 Å². The van der Waals surface area contributed by atoms with E-state index in [0.717, 1.165) is 11.1 Å². The van der Waals surface area contributed by atoms with E-state index >= 15 is 0 Å². The molecule has 4 heteroatoms. The van der Waals surface area contributed by atoms with Gasteiger partial charge in [0.05, 0.1) is 19.1 Å². The van der Waals surface area contributed by atoms with Crippen LogP contribution in [0.3, 0.4) is 0 Å². The third-order valence-corrected chi connectivity index (χ3v) is 3.67. The molecule has 1 N–H and O–H groups in total. The molecule has 0 heterocycles. The van der Waals surface area contributed by atoms with Crippen LogP contribution in [0.5, 0.6) is 0 Å². The van der Waals surface area contributed by atoms with E-state index in [4.69, 9.17) is 9.47 Å². The number of ether oxygens (including phenoxy) is 2. The molecular formula is C20H24O4. The van der Waals surface area contributed by atoms with Crippen LogP contribution in [0.1, 0.15) is 37.0 Å². The molecule has 0 aliphatic heterocycles. The summed E-state index contributed by atoms with van der Waals surface area (Å²) >= 11 is 0. The van der Waals surface area contributed by atoms with Gasteiger partial charge in [-0.3, -0.25) is 4.79 Å². The molecule has 0 aliphatic carbocycles. The average Bonchev–Trinajstić information content (AvgIpc) is 2.61. The van der Waals surface area contributed by atoms with Crippen LogP contribution in [0.25, 0.3) is 0 Å². The van der Waals surface area contributed by atoms with Crippen molar-refractivity contribution in [3.8, 4) is 0 Å². The highest BCUT2D eigenvalue weighted by atomic mass is 16.5. The van der Waals surface area contributed by atoms with Crippen LogP contribution in [0.4, 0.5) is 0 Å². The topological polar surface area (TPSA) is 55.8 Å². The minimum absolute atomic E-state index is 0.0348. The number of hydrogen-bond donors (Lipinski definition) is 1. The second kappa shape index (κ2) is 9.85. The van der Waals surface area contributed by atoms with Crippen LogP contribution in [0, 0.1) is 0 Å². The number of carbonyl (C=O) groups excluding carboxylic acids is 1. The lowest BCUT2D eigenvalue weighted by molar-refractivity contribution is -0.153. The van der Waals surface area contributed by atoms with Crippen LogP contribution in [0.15, 0.2) is 60.7 Å². The average molecular weight is 328 g/mol. The zero-order chi connectivity index (χ0) is 17.2. The van der Waals surface area contributed by atoms with E-state index in [0.29, 0.717) is 13.0 Å². The zero-order valence-electron chi connectivity index (χ0n) is 13.9. The van der Waals surface area contributed by atoms with Crippen molar-refractivity contribution >= 4 is 5.97 Å². The molecule has 0 saturated heterocycles. The van der Waals surface area contributed by atoms with E-state index in [2.05, 4.69) is 0 Å². The van der Waals surface area contributed by atoms with Gasteiger partial charge < -0.3 is 14.6 Å². The molecule has 2 rings (SSSR count). The smallest absolute Gasteiger partial charge is 0.309 e. The Bertz CT molecular complexity index is 598. The van der Waals surface area contributed by atoms with Crippen LogP contribution in [-0.2, 0) is 20.9 Å². The maximum atomic E-state index is 12.1. The number of carbonyl (C=O) groups is 1. The van der Waals surface area contributed by atoms with Crippen molar-refractivity contribution < 1.29 is 19.4 Å². The number of benzene rings is 2. The van der Waals surface area contributed by atoms with E-state index in [1.807, 2.05) is 67.6 Å². The van der Waals surface area contributed by atoms with Crippen molar-refractivity contribution in [2.75, 3.05) is 6.61 Å². The Morgan fingerprint density at radius 3 is 2.29 bits per heavy atom. The van der Waals surface area contributed by atoms with E-state index < -0.39 is 6.10 Å². The third-order valence-electron chi connectivity index (χ3n) is 3.67. The lowest BCUT2D eigenvalue weighted by Gasteiger charge is -2.19. The molecular weight excluding hydrogens is 304 g/mol. The monoisotopic (exact) mass is 328 g/mol. The lowest BCUT2D eigenvalue weighted by atomic mass is 10.1. The maximum absolute atomic E-state index is 12.1. The lowest BCUT2D eigenvalue weighted by Crippen LogP contribution is -2.19. The summed E-state index contributed by atoms with van der Waals surface area (Å²) in [6.07, 6.45) is -0.0929. The van der Waals surface area contributed by atoms with Gasteiger partial charge in [-0.05, 0) is 18.1 Å². The fraction of sp³-hybridized carbons (Fsp3) is 0.350. The quantitative estimate of drug-likeness (QED) is 0.714. The Morgan fingerprint density at radius 1 is 1.04 bits per heavy atom. The maximum Gasteiger partial charge on any atom is 0.309 e. The molecule has 2 aromatic rings. The highest BCUT2D eigenvalue weighted by molar-refractivity contribution is 5.70. The van der Waals surface area contributed by atoms with Crippen molar-refractivity contribution in [3.05, 3.63) is 71.8 Å². The minimum atomic E-state index is -0.426. The van der Waals surface area contributed by atoms with Crippen LogP contribution in [-0.4, -0.2) is 23.8 Å². The predicted octanol–water partition coefficient (Wildman–Crippen LogP) is 3.65. The molecule has 0 amide bonds.